The second-order valence-electron chi connectivity index (χ2n) is 7.83. The van der Waals surface area contributed by atoms with Crippen LogP contribution in [0.25, 0.3) is 22.3 Å². The van der Waals surface area contributed by atoms with Crippen LogP contribution >= 0.6 is 0 Å². The molecular weight excluding hydrogens is 406 g/mol. The summed E-state index contributed by atoms with van der Waals surface area (Å²) in [5.74, 6) is 1.44. The molecule has 1 amide bonds. The fourth-order valence-electron chi connectivity index (χ4n) is 3.67. The van der Waals surface area contributed by atoms with Crippen molar-refractivity contribution in [1.82, 2.24) is 30.3 Å². The molecule has 0 fully saturated rings. The first-order valence-electron chi connectivity index (χ1n) is 10.5. The number of methoxy groups -OCH3 is 1. The van der Waals surface area contributed by atoms with Crippen molar-refractivity contribution in [2.45, 2.75) is 33.2 Å². The molecule has 0 aliphatic heterocycles. The van der Waals surface area contributed by atoms with Gasteiger partial charge in [-0.15, -0.1) is 5.10 Å². The topological polar surface area (TPSA) is 110 Å². The van der Waals surface area contributed by atoms with Crippen molar-refractivity contribution in [1.29, 1.82) is 0 Å². The van der Waals surface area contributed by atoms with E-state index in [1.807, 2.05) is 45.3 Å². The van der Waals surface area contributed by atoms with Crippen molar-refractivity contribution >= 4 is 28.4 Å². The third kappa shape index (κ3) is 4.01. The highest BCUT2D eigenvalue weighted by Gasteiger charge is 2.17. The number of aryl methyl sites for hydroxylation is 2. The number of H-pyrrole nitrogens is 1. The molecule has 0 saturated heterocycles. The summed E-state index contributed by atoms with van der Waals surface area (Å²) in [6, 6.07) is 9.38. The molecule has 32 heavy (non-hydrogen) atoms. The number of fused-ring (bicyclic) bond motifs is 1. The van der Waals surface area contributed by atoms with E-state index in [0.29, 0.717) is 23.1 Å². The van der Waals surface area contributed by atoms with Gasteiger partial charge in [0.05, 0.1) is 24.4 Å². The first kappa shape index (κ1) is 21.4. The standard InChI is InChI=1S/C23H27N7O2/c1-6-15-17-12-24-28-19(17)10-9-18(15)26-23-27-21(29-30(23)4)14-7-8-16(20(11-14)32-5)22(31)25-13(2)3/h7-13H,6H2,1-5H3,(H,24,28)(H,25,31)(H,26,27,29). The third-order valence-electron chi connectivity index (χ3n) is 5.22. The lowest BCUT2D eigenvalue weighted by Crippen LogP contribution is -2.30. The van der Waals surface area contributed by atoms with Crippen LogP contribution in [0.4, 0.5) is 11.6 Å². The summed E-state index contributed by atoms with van der Waals surface area (Å²) >= 11 is 0. The van der Waals surface area contributed by atoms with E-state index in [2.05, 4.69) is 37.8 Å². The summed E-state index contributed by atoms with van der Waals surface area (Å²) in [7, 11) is 3.38. The van der Waals surface area contributed by atoms with E-state index < -0.39 is 0 Å². The quantitative estimate of drug-likeness (QED) is 0.409. The van der Waals surface area contributed by atoms with Crippen LogP contribution in [-0.4, -0.2) is 44.0 Å². The van der Waals surface area contributed by atoms with Crippen molar-refractivity contribution in [3.8, 4) is 17.1 Å². The number of carbonyl (C=O) groups excluding carboxylic acids is 1. The van der Waals surface area contributed by atoms with Gasteiger partial charge in [0.25, 0.3) is 5.91 Å². The molecule has 4 aromatic rings. The first-order valence-corrected chi connectivity index (χ1v) is 10.5. The molecule has 0 aliphatic rings. The highest BCUT2D eigenvalue weighted by atomic mass is 16.5. The number of hydrogen-bond donors (Lipinski definition) is 3. The maximum absolute atomic E-state index is 12.4. The number of anilines is 2. The number of nitrogens with one attached hydrogen (secondary N) is 3. The Balaban J connectivity index is 1.65. The zero-order valence-electron chi connectivity index (χ0n) is 18.9. The molecule has 4 rings (SSSR count). The second-order valence-corrected chi connectivity index (χ2v) is 7.83. The van der Waals surface area contributed by atoms with Gasteiger partial charge in [-0.2, -0.15) is 10.1 Å². The monoisotopic (exact) mass is 433 g/mol. The summed E-state index contributed by atoms with van der Waals surface area (Å²) in [5, 5.41) is 19.1. The predicted molar refractivity (Wildman–Crippen MR) is 124 cm³/mol. The summed E-state index contributed by atoms with van der Waals surface area (Å²) in [4.78, 5) is 17.1. The van der Waals surface area contributed by atoms with Crippen molar-refractivity contribution in [2.75, 3.05) is 12.4 Å². The minimum absolute atomic E-state index is 0.0345. The van der Waals surface area contributed by atoms with E-state index in [4.69, 9.17) is 4.74 Å². The molecule has 166 valence electrons. The van der Waals surface area contributed by atoms with Crippen LogP contribution in [0, 0.1) is 0 Å². The van der Waals surface area contributed by atoms with E-state index in [-0.39, 0.29) is 11.9 Å². The molecule has 0 bridgehead atoms. The largest absolute Gasteiger partial charge is 0.496 e. The van der Waals surface area contributed by atoms with Crippen molar-refractivity contribution in [2.24, 2.45) is 7.05 Å². The third-order valence-corrected chi connectivity index (χ3v) is 5.22. The van der Waals surface area contributed by atoms with Crippen LogP contribution in [0.3, 0.4) is 0 Å². The number of benzene rings is 2. The Hall–Kier alpha value is -3.88. The number of aromatic amines is 1. The molecule has 0 spiro atoms. The molecule has 3 N–H and O–H groups in total. The van der Waals surface area contributed by atoms with E-state index in [1.54, 1.807) is 23.9 Å². The average molecular weight is 434 g/mol. The SMILES string of the molecule is CCc1c(Nc2nc(-c3ccc(C(=O)NC(C)C)c(OC)c3)nn2C)ccc2[nH]ncc12. The molecule has 0 saturated carbocycles. The maximum atomic E-state index is 12.4. The molecular formula is C23H27N7O2. The number of carbonyl (C=O) groups is 1. The fourth-order valence-corrected chi connectivity index (χ4v) is 3.67. The Labute approximate surface area is 186 Å². The summed E-state index contributed by atoms with van der Waals surface area (Å²) in [6.07, 6.45) is 2.69. The van der Waals surface area contributed by atoms with Crippen molar-refractivity contribution in [3.05, 3.63) is 47.7 Å². The summed E-state index contributed by atoms with van der Waals surface area (Å²) in [5.41, 5.74) is 4.34. The van der Waals surface area contributed by atoms with Gasteiger partial charge >= 0.3 is 0 Å². The van der Waals surface area contributed by atoms with Gasteiger partial charge in [0.1, 0.15) is 5.75 Å². The molecule has 0 radical (unpaired) electrons. The molecule has 0 atom stereocenters. The number of hydrogen-bond acceptors (Lipinski definition) is 6. The predicted octanol–water partition coefficient (Wildman–Crippen LogP) is 3.81. The Kier molecular flexibility index (Phi) is 5.81. The Bertz CT molecular complexity index is 1270. The summed E-state index contributed by atoms with van der Waals surface area (Å²) in [6.45, 7) is 5.94. The fraction of sp³-hybridized carbons (Fsp3) is 0.304. The molecule has 2 aromatic heterocycles. The second kappa shape index (κ2) is 8.70. The zero-order valence-corrected chi connectivity index (χ0v) is 18.9. The van der Waals surface area contributed by atoms with Crippen LogP contribution in [0.15, 0.2) is 36.5 Å². The molecule has 0 unspecified atom stereocenters. The number of rotatable bonds is 7. The van der Waals surface area contributed by atoms with E-state index in [0.717, 1.165) is 34.1 Å². The van der Waals surface area contributed by atoms with Gasteiger partial charge < -0.3 is 15.4 Å². The lowest BCUT2D eigenvalue weighted by molar-refractivity contribution is 0.0940. The van der Waals surface area contributed by atoms with Crippen LogP contribution in [-0.2, 0) is 13.5 Å². The Morgan fingerprint density at radius 1 is 1.25 bits per heavy atom. The van der Waals surface area contributed by atoms with Gasteiger partial charge in [-0.05, 0) is 50.1 Å². The van der Waals surface area contributed by atoms with Crippen molar-refractivity contribution < 1.29 is 9.53 Å². The molecule has 0 aliphatic carbocycles. The highest BCUT2D eigenvalue weighted by Crippen LogP contribution is 2.30. The molecule has 2 aromatic carbocycles. The van der Waals surface area contributed by atoms with Crippen LogP contribution < -0.4 is 15.4 Å². The molecule has 9 nitrogen and oxygen atoms in total. The number of nitrogens with zero attached hydrogens (tertiary/aromatic N) is 4. The minimum atomic E-state index is -0.179. The van der Waals surface area contributed by atoms with E-state index in [1.165, 1.54) is 0 Å². The van der Waals surface area contributed by atoms with Crippen LogP contribution in [0.1, 0.15) is 36.7 Å². The van der Waals surface area contributed by atoms with Gasteiger partial charge in [-0.25, -0.2) is 4.68 Å². The van der Waals surface area contributed by atoms with Crippen LogP contribution in [0.5, 0.6) is 5.75 Å². The number of ether oxygens (including phenoxy) is 1. The average Bonchev–Trinajstić information content (AvgIpc) is 3.39. The lowest BCUT2D eigenvalue weighted by atomic mass is 10.1. The minimum Gasteiger partial charge on any atom is -0.496 e. The van der Waals surface area contributed by atoms with Crippen LogP contribution in [0.2, 0.25) is 0 Å². The van der Waals surface area contributed by atoms with Gasteiger partial charge in [0.2, 0.25) is 5.95 Å². The van der Waals surface area contributed by atoms with Gasteiger partial charge in [-0.3, -0.25) is 9.89 Å². The normalized spacial score (nSPS) is 11.2. The van der Waals surface area contributed by atoms with Gasteiger partial charge in [0, 0.05) is 29.7 Å². The van der Waals surface area contributed by atoms with Gasteiger partial charge in [-0.1, -0.05) is 13.0 Å². The molecule has 9 heteroatoms. The smallest absolute Gasteiger partial charge is 0.255 e. The van der Waals surface area contributed by atoms with E-state index >= 15 is 0 Å². The maximum Gasteiger partial charge on any atom is 0.255 e. The first-order chi connectivity index (χ1) is 15.4. The van der Waals surface area contributed by atoms with Gasteiger partial charge in [0.15, 0.2) is 5.82 Å². The summed E-state index contributed by atoms with van der Waals surface area (Å²) < 4.78 is 7.15. The number of amides is 1. The molecule has 2 heterocycles. The zero-order chi connectivity index (χ0) is 22.8. The van der Waals surface area contributed by atoms with Crippen molar-refractivity contribution in [3.63, 3.8) is 0 Å². The Morgan fingerprint density at radius 2 is 2.06 bits per heavy atom. The van der Waals surface area contributed by atoms with E-state index in [9.17, 15) is 4.79 Å². The highest BCUT2D eigenvalue weighted by molar-refractivity contribution is 5.97. The number of aromatic nitrogens is 5. The Morgan fingerprint density at radius 3 is 2.78 bits per heavy atom. The lowest BCUT2D eigenvalue weighted by Gasteiger charge is -2.12.